The molecule has 0 bridgehead atoms. The van der Waals surface area contributed by atoms with E-state index in [0.29, 0.717) is 11.1 Å². The zero-order chi connectivity index (χ0) is 22.8. The van der Waals surface area contributed by atoms with Gasteiger partial charge in [0.25, 0.3) is 5.56 Å². The molecular formula is C29H25NO3. The van der Waals surface area contributed by atoms with E-state index < -0.39 is 11.5 Å². The maximum Gasteiger partial charge on any atom is 0.252 e. The minimum atomic E-state index is -1.52. The Balaban J connectivity index is 1.84. The van der Waals surface area contributed by atoms with Crippen molar-refractivity contribution in [1.29, 1.82) is 0 Å². The van der Waals surface area contributed by atoms with E-state index in [0.717, 1.165) is 27.2 Å². The predicted octanol–water partition coefficient (Wildman–Crippen LogP) is 5.08. The van der Waals surface area contributed by atoms with Gasteiger partial charge in [0, 0.05) is 30.0 Å². The fourth-order valence-corrected chi connectivity index (χ4v) is 4.94. The second kappa shape index (κ2) is 8.66. The van der Waals surface area contributed by atoms with Gasteiger partial charge in [-0.15, -0.1) is 0 Å². The van der Waals surface area contributed by atoms with Crippen molar-refractivity contribution >= 4 is 21.7 Å². The van der Waals surface area contributed by atoms with Gasteiger partial charge >= 0.3 is 0 Å². The lowest BCUT2D eigenvalue weighted by Crippen LogP contribution is -2.38. The van der Waals surface area contributed by atoms with E-state index in [1.807, 2.05) is 103 Å². The molecule has 0 saturated carbocycles. The van der Waals surface area contributed by atoms with Gasteiger partial charge in [-0.25, -0.2) is 0 Å². The van der Waals surface area contributed by atoms with Crippen LogP contribution < -0.4 is 5.56 Å². The number of rotatable bonds is 6. The molecule has 1 heterocycles. The summed E-state index contributed by atoms with van der Waals surface area (Å²) in [4.78, 5) is 16.3. The van der Waals surface area contributed by atoms with Crippen molar-refractivity contribution < 1.29 is 10.2 Å². The second-order valence-electron chi connectivity index (χ2n) is 8.41. The molecule has 0 fully saturated rings. The number of aromatic nitrogens is 1. The molecule has 0 spiro atoms. The van der Waals surface area contributed by atoms with Crippen molar-refractivity contribution in [3.8, 4) is 0 Å². The highest BCUT2D eigenvalue weighted by Crippen LogP contribution is 2.45. The molecule has 0 radical (unpaired) electrons. The summed E-state index contributed by atoms with van der Waals surface area (Å²) in [6.45, 7) is -0.228. The quantitative estimate of drug-likeness (QED) is 0.348. The summed E-state index contributed by atoms with van der Waals surface area (Å²) in [5.74, 6) is -0.690. The molecule has 33 heavy (non-hydrogen) atoms. The number of nitrogens with one attached hydrogen (secondary N) is 1. The molecule has 0 aliphatic heterocycles. The van der Waals surface area contributed by atoms with E-state index in [-0.39, 0.29) is 18.6 Å². The molecule has 4 nitrogen and oxygen atoms in total. The number of fused-ring (bicyclic) bond motifs is 2. The number of pyridine rings is 1. The van der Waals surface area contributed by atoms with Crippen LogP contribution in [0.4, 0.5) is 0 Å². The standard InChI is InChI=1S/C29H25NO3/c31-18-17-29(33,25-15-8-13-20-9-4-6-14-23(20)25)27(21-10-2-1-3-11-21)24-19-22-12-5-7-16-26(22)30-28(24)32/h1-16,19,27,31,33H,17-18H2,(H,30,32)/t27-,29-/m1/s1. The molecule has 5 rings (SSSR count). The van der Waals surface area contributed by atoms with Gasteiger partial charge < -0.3 is 15.2 Å². The monoisotopic (exact) mass is 435 g/mol. The maximum atomic E-state index is 13.4. The number of hydrogen-bond donors (Lipinski definition) is 3. The Bertz CT molecular complexity index is 1470. The lowest BCUT2D eigenvalue weighted by molar-refractivity contribution is -0.00313. The zero-order valence-corrected chi connectivity index (χ0v) is 18.1. The SMILES string of the molecule is O=c1[nH]c2ccccc2cc1[C@@H](c1ccccc1)[C@@](O)(CCO)c1cccc2ccccc12. The van der Waals surface area contributed by atoms with Crippen molar-refractivity contribution in [2.45, 2.75) is 17.9 Å². The predicted molar refractivity (Wildman–Crippen MR) is 132 cm³/mol. The number of para-hydroxylation sites is 1. The van der Waals surface area contributed by atoms with Gasteiger partial charge in [0.05, 0.1) is 0 Å². The highest BCUT2D eigenvalue weighted by atomic mass is 16.3. The summed E-state index contributed by atoms with van der Waals surface area (Å²) in [6, 6.07) is 32.7. The summed E-state index contributed by atoms with van der Waals surface area (Å²) in [6.07, 6.45) is 0.0762. The molecule has 0 aliphatic rings. The Morgan fingerprint density at radius 1 is 0.788 bits per heavy atom. The summed E-state index contributed by atoms with van der Waals surface area (Å²) in [5.41, 5.74) is 0.932. The van der Waals surface area contributed by atoms with Crippen LogP contribution in [-0.4, -0.2) is 21.8 Å². The number of hydrogen-bond acceptors (Lipinski definition) is 3. The third-order valence-electron chi connectivity index (χ3n) is 6.45. The van der Waals surface area contributed by atoms with Gasteiger partial charge in [0.15, 0.2) is 0 Å². The largest absolute Gasteiger partial charge is 0.396 e. The summed E-state index contributed by atoms with van der Waals surface area (Å²) in [7, 11) is 0. The molecule has 164 valence electrons. The molecule has 2 atom stereocenters. The van der Waals surface area contributed by atoms with E-state index >= 15 is 0 Å². The number of aliphatic hydroxyl groups excluding tert-OH is 1. The Labute approximate surface area is 191 Å². The Morgan fingerprint density at radius 2 is 1.45 bits per heavy atom. The fourth-order valence-electron chi connectivity index (χ4n) is 4.94. The molecule has 0 saturated heterocycles. The maximum absolute atomic E-state index is 13.4. The lowest BCUT2D eigenvalue weighted by atomic mass is 9.71. The van der Waals surface area contributed by atoms with Crippen LogP contribution in [-0.2, 0) is 5.60 Å². The molecule has 0 unspecified atom stereocenters. The molecule has 3 N–H and O–H groups in total. The van der Waals surface area contributed by atoms with Crippen LogP contribution in [0.2, 0.25) is 0 Å². The molecule has 4 heteroatoms. The number of aromatic amines is 1. The van der Waals surface area contributed by atoms with Gasteiger partial charge in [-0.2, -0.15) is 0 Å². The number of aliphatic hydroxyl groups is 2. The zero-order valence-electron chi connectivity index (χ0n) is 18.1. The van der Waals surface area contributed by atoms with E-state index in [9.17, 15) is 15.0 Å². The van der Waals surface area contributed by atoms with Crippen molar-refractivity contribution in [3.63, 3.8) is 0 Å². The molecule has 4 aromatic carbocycles. The van der Waals surface area contributed by atoms with Gasteiger partial charge in [-0.3, -0.25) is 4.79 Å². The Hall–Kier alpha value is -3.73. The molecule has 0 amide bonds. The molecular weight excluding hydrogens is 410 g/mol. The summed E-state index contributed by atoms with van der Waals surface area (Å²) >= 11 is 0. The minimum absolute atomic E-state index is 0.0762. The topological polar surface area (TPSA) is 73.3 Å². The summed E-state index contributed by atoms with van der Waals surface area (Å²) < 4.78 is 0. The first-order valence-corrected chi connectivity index (χ1v) is 11.1. The van der Waals surface area contributed by atoms with Crippen LogP contribution >= 0.6 is 0 Å². The van der Waals surface area contributed by atoms with Crippen LogP contribution in [0.5, 0.6) is 0 Å². The van der Waals surface area contributed by atoms with Gasteiger partial charge in [0.1, 0.15) is 5.60 Å². The minimum Gasteiger partial charge on any atom is -0.396 e. The highest BCUT2D eigenvalue weighted by Gasteiger charge is 2.42. The first-order valence-electron chi connectivity index (χ1n) is 11.1. The van der Waals surface area contributed by atoms with Crippen molar-refractivity contribution in [1.82, 2.24) is 4.98 Å². The van der Waals surface area contributed by atoms with Gasteiger partial charge in [-0.1, -0.05) is 91.0 Å². The number of benzene rings is 4. The fraction of sp³-hybridized carbons (Fsp3) is 0.138. The highest BCUT2D eigenvalue weighted by molar-refractivity contribution is 5.87. The molecule has 1 aromatic heterocycles. The third kappa shape index (κ3) is 3.74. The van der Waals surface area contributed by atoms with Gasteiger partial charge in [0.2, 0.25) is 0 Å². The molecule has 5 aromatic rings. The van der Waals surface area contributed by atoms with Crippen LogP contribution in [0.15, 0.2) is 108 Å². The average molecular weight is 436 g/mol. The summed E-state index contributed by atoms with van der Waals surface area (Å²) in [5, 5.41) is 25.3. The van der Waals surface area contributed by atoms with Crippen LogP contribution in [0, 0.1) is 0 Å². The van der Waals surface area contributed by atoms with Crippen molar-refractivity contribution in [3.05, 3.63) is 130 Å². The first kappa shape index (κ1) is 21.1. The average Bonchev–Trinajstić information content (AvgIpc) is 2.85. The number of H-pyrrole nitrogens is 1. The van der Waals surface area contributed by atoms with Crippen molar-refractivity contribution in [2.75, 3.05) is 6.61 Å². The van der Waals surface area contributed by atoms with Crippen LogP contribution in [0.3, 0.4) is 0 Å². The Morgan fingerprint density at radius 3 is 2.24 bits per heavy atom. The van der Waals surface area contributed by atoms with Crippen LogP contribution in [0.25, 0.3) is 21.7 Å². The smallest absolute Gasteiger partial charge is 0.252 e. The lowest BCUT2D eigenvalue weighted by Gasteiger charge is -2.37. The Kier molecular flexibility index (Phi) is 5.55. The third-order valence-corrected chi connectivity index (χ3v) is 6.45. The van der Waals surface area contributed by atoms with E-state index in [1.165, 1.54) is 0 Å². The normalized spacial score (nSPS) is 14.2. The first-order chi connectivity index (χ1) is 16.1. The van der Waals surface area contributed by atoms with Crippen molar-refractivity contribution in [2.24, 2.45) is 0 Å². The van der Waals surface area contributed by atoms with E-state index in [4.69, 9.17) is 0 Å². The second-order valence-corrected chi connectivity index (χ2v) is 8.41. The van der Waals surface area contributed by atoms with E-state index in [2.05, 4.69) is 4.98 Å². The van der Waals surface area contributed by atoms with Crippen LogP contribution in [0.1, 0.15) is 29.0 Å². The molecule has 0 aliphatic carbocycles. The van der Waals surface area contributed by atoms with Gasteiger partial charge in [-0.05, 0) is 39.4 Å². The van der Waals surface area contributed by atoms with E-state index in [1.54, 1.807) is 0 Å².